The van der Waals surface area contributed by atoms with Gasteiger partial charge in [0.25, 0.3) is 5.91 Å². The number of methoxy groups -OCH3 is 1. The van der Waals surface area contributed by atoms with Crippen LogP contribution in [0.15, 0.2) is 30.3 Å². The molecule has 7 nitrogen and oxygen atoms in total. The Bertz CT molecular complexity index is 690. The number of benzene rings is 1. The normalized spacial score (nSPS) is 25.6. The number of esters is 1. The number of hydrogen-bond donors (Lipinski definition) is 1. The van der Waals surface area contributed by atoms with Crippen LogP contribution in [0.2, 0.25) is 0 Å². The number of rotatable bonds is 7. The van der Waals surface area contributed by atoms with Crippen LogP contribution in [0.3, 0.4) is 0 Å². The molecule has 1 aromatic rings. The summed E-state index contributed by atoms with van der Waals surface area (Å²) in [6, 6.07) is 9.80. The molecule has 7 heteroatoms. The van der Waals surface area contributed by atoms with Gasteiger partial charge in [-0.1, -0.05) is 30.3 Å². The van der Waals surface area contributed by atoms with Crippen molar-refractivity contribution in [3.8, 4) is 0 Å². The molecule has 3 atom stereocenters. The third kappa shape index (κ3) is 6.03. The highest BCUT2D eigenvalue weighted by Crippen LogP contribution is 2.25. The minimum Gasteiger partial charge on any atom is -0.469 e. The molecule has 0 aromatic heterocycles. The molecule has 1 N–H and O–H groups in total. The number of likely N-dealkylation sites (tertiary alicyclic amines) is 1. The Kier molecular flexibility index (Phi) is 8.24. The van der Waals surface area contributed by atoms with Crippen LogP contribution in [0, 0.1) is 5.92 Å². The van der Waals surface area contributed by atoms with Gasteiger partial charge in [0, 0.05) is 20.1 Å². The number of piperidine rings is 1. The summed E-state index contributed by atoms with van der Waals surface area (Å²) >= 11 is 0. The summed E-state index contributed by atoms with van der Waals surface area (Å²) in [6.07, 6.45) is 2.19. The molecular formula is C23H34N2O5. The Morgan fingerprint density at radius 3 is 2.53 bits per heavy atom. The molecule has 1 aromatic carbocycles. The molecule has 2 fully saturated rings. The minimum atomic E-state index is -0.803. The van der Waals surface area contributed by atoms with Crippen molar-refractivity contribution in [2.75, 3.05) is 33.8 Å². The van der Waals surface area contributed by atoms with Crippen LogP contribution >= 0.6 is 0 Å². The van der Waals surface area contributed by atoms with Crippen molar-refractivity contribution >= 4 is 11.9 Å². The molecule has 2 saturated heterocycles. The van der Waals surface area contributed by atoms with Gasteiger partial charge in [-0.25, -0.2) is 0 Å². The van der Waals surface area contributed by atoms with E-state index in [0.29, 0.717) is 13.0 Å². The predicted octanol–water partition coefficient (Wildman–Crippen LogP) is 1.83. The lowest BCUT2D eigenvalue weighted by Gasteiger charge is -2.37. The van der Waals surface area contributed by atoms with Crippen molar-refractivity contribution in [1.29, 1.82) is 0 Å². The van der Waals surface area contributed by atoms with E-state index in [2.05, 4.69) is 4.90 Å². The van der Waals surface area contributed by atoms with Gasteiger partial charge in [-0.15, -0.1) is 0 Å². The zero-order valence-electron chi connectivity index (χ0n) is 18.0. The molecule has 30 heavy (non-hydrogen) atoms. The average Bonchev–Trinajstić information content (AvgIpc) is 2.78. The molecular weight excluding hydrogens is 384 g/mol. The number of aliphatic hydroxyl groups is 1. The number of carbonyl (C=O) groups excluding carboxylic acids is 2. The average molecular weight is 419 g/mol. The number of hydrogen-bond acceptors (Lipinski definition) is 6. The zero-order valence-corrected chi connectivity index (χ0v) is 18.0. The number of likely N-dealkylation sites (N-methyl/N-ethyl adjacent to an activating group) is 1. The standard InChI is InChI=1S/C23H34N2O5/c1-24(16-17-6-4-3-5-7-17)22(27)21-20(26)9-8-19(30-21)12-15-25-13-10-18(11-14-25)23(28)29-2/h3-7,18-21,26H,8-16H2,1-2H3/t19-,20-,21-/m0/s1. The molecule has 0 unspecified atom stereocenters. The smallest absolute Gasteiger partial charge is 0.308 e. The van der Waals surface area contributed by atoms with Gasteiger partial charge in [0.1, 0.15) is 0 Å². The van der Waals surface area contributed by atoms with E-state index in [9.17, 15) is 14.7 Å². The minimum absolute atomic E-state index is 0.00878. The van der Waals surface area contributed by atoms with E-state index in [1.165, 1.54) is 7.11 Å². The fraction of sp³-hybridized carbons (Fsp3) is 0.652. The fourth-order valence-electron chi connectivity index (χ4n) is 4.35. The number of nitrogens with zero attached hydrogens (tertiary/aromatic N) is 2. The van der Waals surface area contributed by atoms with Crippen LogP contribution in [-0.2, 0) is 25.6 Å². The van der Waals surface area contributed by atoms with E-state index >= 15 is 0 Å². The van der Waals surface area contributed by atoms with Gasteiger partial charge in [-0.2, -0.15) is 0 Å². The SMILES string of the molecule is COC(=O)C1CCN(CC[C@@H]2CC[C@H](O)[C@@H](C(=O)N(C)Cc3ccccc3)O2)CC1. The maximum absolute atomic E-state index is 12.9. The summed E-state index contributed by atoms with van der Waals surface area (Å²) in [5.41, 5.74) is 1.05. The molecule has 2 aliphatic heterocycles. The van der Waals surface area contributed by atoms with Gasteiger partial charge in [0.15, 0.2) is 6.10 Å². The van der Waals surface area contributed by atoms with E-state index in [-0.39, 0.29) is 23.9 Å². The summed E-state index contributed by atoms with van der Waals surface area (Å²) in [5, 5.41) is 10.4. The zero-order chi connectivity index (χ0) is 21.5. The van der Waals surface area contributed by atoms with Crippen LogP contribution in [0.4, 0.5) is 0 Å². The van der Waals surface area contributed by atoms with Gasteiger partial charge in [-0.3, -0.25) is 9.59 Å². The van der Waals surface area contributed by atoms with Crippen molar-refractivity contribution < 1.29 is 24.2 Å². The number of amides is 1. The lowest BCUT2D eigenvalue weighted by molar-refractivity contribution is -0.168. The summed E-state index contributed by atoms with van der Waals surface area (Å²) in [5.74, 6) is -0.273. The molecule has 2 heterocycles. The van der Waals surface area contributed by atoms with Gasteiger partial charge in [0.2, 0.25) is 0 Å². The van der Waals surface area contributed by atoms with Crippen LogP contribution in [-0.4, -0.2) is 78.9 Å². The largest absolute Gasteiger partial charge is 0.469 e. The third-order valence-electron chi connectivity index (χ3n) is 6.24. The van der Waals surface area contributed by atoms with Crippen LogP contribution in [0.1, 0.15) is 37.7 Å². The lowest BCUT2D eigenvalue weighted by atomic mass is 9.95. The van der Waals surface area contributed by atoms with E-state index in [1.807, 2.05) is 30.3 Å². The Balaban J connectivity index is 1.45. The maximum atomic E-state index is 12.9. The van der Waals surface area contributed by atoms with Crippen molar-refractivity contribution in [2.24, 2.45) is 5.92 Å². The third-order valence-corrected chi connectivity index (χ3v) is 6.24. The quantitative estimate of drug-likeness (QED) is 0.681. The second kappa shape index (κ2) is 10.9. The Morgan fingerprint density at radius 1 is 1.17 bits per heavy atom. The molecule has 0 aliphatic carbocycles. The number of ether oxygens (including phenoxy) is 2. The van der Waals surface area contributed by atoms with E-state index in [1.54, 1.807) is 11.9 Å². The second-order valence-corrected chi connectivity index (χ2v) is 8.43. The monoisotopic (exact) mass is 418 g/mol. The van der Waals surface area contributed by atoms with Crippen molar-refractivity contribution in [2.45, 2.75) is 57.0 Å². The molecule has 0 saturated carbocycles. The van der Waals surface area contributed by atoms with E-state index < -0.39 is 12.2 Å². The van der Waals surface area contributed by atoms with E-state index in [0.717, 1.165) is 50.9 Å². The highest BCUT2D eigenvalue weighted by molar-refractivity contribution is 5.81. The first kappa shape index (κ1) is 22.7. The molecule has 166 valence electrons. The summed E-state index contributed by atoms with van der Waals surface area (Å²) in [4.78, 5) is 28.5. The molecule has 0 bridgehead atoms. The Labute approximate surface area is 178 Å². The van der Waals surface area contributed by atoms with Crippen LogP contribution in [0.25, 0.3) is 0 Å². The fourth-order valence-corrected chi connectivity index (χ4v) is 4.35. The molecule has 1 amide bonds. The maximum Gasteiger partial charge on any atom is 0.308 e. The lowest BCUT2D eigenvalue weighted by Crippen LogP contribution is -2.49. The summed E-state index contributed by atoms with van der Waals surface area (Å²) in [6.45, 7) is 3.11. The number of carbonyl (C=O) groups is 2. The van der Waals surface area contributed by atoms with Gasteiger partial charge < -0.3 is 24.4 Å². The molecule has 3 rings (SSSR count). The number of aliphatic hydroxyl groups excluding tert-OH is 1. The first-order valence-corrected chi connectivity index (χ1v) is 10.9. The van der Waals surface area contributed by atoms with Crippen molar-refractivity contribution in [3.05, 3.63) is 35.9 Å². The van der Waals surface area contributed by atoms with Crippen molar-refractivity contribution in [1.82, 2.24) is 9.80 Å². The van der Waals surface area contributed by atoms with E-state index in [4.69, 9.17) is 9.47 Å². The molecule has 0 radical (unpaired) electrons. The first-order valence-electron chi connectivity index (χ1n) is 10.9. The summed E-state index contributed by atoms with van der Waals surface area (Å²) < 4.78 is 10.9. The predicted molar refractivity (Wildman–Crippen MR) is 113 cm³/mol. The van der Waals surface area contributed by atoms with Gasteiger partial charge in [0.05, 0.1) is 25.2 Å². The summed E-state index contributed by atoms with van der Waals surface area (Å²) in [7, 11) is 3.19. The highest BCUT2D eigenvalue weighted by atomic mass is 16.5. The topological polar surface area (TPSA) is 79.3 Å². The van der Waals surface area contributed by atoms with Crippen molar-refractivity contribution in [3.63, 3.8) is 0 Å². The second-order valence-electron chi connectivity index (χ2n) is 8.43. The van der Waals surface area contributed by atoms with Crippen LogP contribution < -0.4 is 0 Å². The first-order chi connectivity index (χ1) is 14.5. The molecule has 0 spiro atoms. The van der Waals surface area contributed by atoms with Gasteiger partial charge in [-0.05, 0) is 50.8 Å². The highest BCUT2D eigenvalue weighted by Gasteiger charge is 2.37. The Hall–Kier alpha value is -1.96. The van der Waals surface area contributed by atoms with Gasteiger partial charge >= 0.3 is 5.97 Å². The van der Waals surface area contributed by atoms with Crippen LogP contribution in [0.5, 0.6) is 0 Å². The molecule has 2 aliphatic rings. The Morgan fingerprint density at radius 2 is 1.87 bits per heavy atom.